The summed E-state index contributed by atoms with van der Waals surface area (Å²) in [5, 5.41) is 2.81. The molecule has 0 spiro atoms. The molecule has 0 saturated carbocycles. The van der Waals surface area contributed by atoms with Crippen LogP contribution in [0.25, 0.3) is 0 Å². The van der Waals surface area contributed by atoms with Gasteiger partial charge in [0.25, 0.3) is 5.91 Å². The van der Waals surface area contributed by atoms with Crippen molar-refractivity contribution in [1.29, 1.82) is 0 Å². The van der Waals surface area contributed by atoms with Crippen LogP contribution in [0.1, 0.15) is 31.3 Å². The monoisotopic (exact) mass is 284 g/mol. The molecule has 1 N–H and O–H groups in total. The van der Waals surface area contributed by atoms with E-state index in [1.54, 1.807) is 0 Å². The minimum absolute atomic E-state index is 0.257. The lowest BCUT2D eigenvalue weighted by Gasteiger charge is -2.27. The number of rotatable bonds is 5. The van der Waals surface area contributed by atoms with Gasteiger partial charge in [0, 0.05) is 36.4 Å². The van der Waals surface area contributed by atoms with E-state index in [9.17, 15) is 4.79 Å². The molecular weight excluding hydrogens is 264 g/mol. The number of carbonyl (C=O) groups is 1. The molecule has 1 aromatic carbocycles. The van der Waals surface area contributed by atoms with Crippen LogP contribution in [0.2, 0.25) is 0 Å². The van der Waals surface area contributed by atoms with Crippen molar-refractivity contribution in [3.05, 3.63) is 48.5 Å². The molecule has 0 aliphatic rings. The fourth-order valence-electron chi connectivity index (χ4n) is 2.19. The molecule has 0 bridgehead atoms. The second-order valence-corrected chi connectivity index (χ2v) is 4.97. The highest BCUT2D eigenvalue weighted by molar-refractivity contribution is 6.02. The largest absolute Gasteiger partial charge is 0.369 e. The van der Waals surface area contributed by atoms with Crippen molar-refractivity contribution in [2.24, 2.45) is 0 Å². The maximum atomic E-state index is 12.0. The highest BCUT2D eigenvalue weighted by atomic mass is 16.1. The van der Waals surface area contributed by atoms with Gasteiger partial charge < -0.3 is 10.2 Å². The molecule has 2 aromatic rings. The molecule has 0 radical (unpaired) electrons. The van der Waals surface area contributed by atoms with Crippen LogP contribution in [0.3, 0.4) is 0 Å². The van der Waals surface area contributed by atoms with E-state index >= 15 is 0 Å². The number of hydrogen-bond donors (Lipinski definition) is 1. The third-order valence-corrected chi connectivity index (χ3v) is 3.22. The van der Waals surface area contributed by atoms with E-state index in [0.717, 1.165) is 17.9 Å². The third kappa shape index (κ3) is 3.78. The van der Waals surface area contributed by atoms with Gasteiger partial charge in [-0.3, -0.25) is 9.78 Å². The minimum atomic E-state index is -0.257. The number of benzene rings is 1. The number of carbonyl (C=O) groups excluding carboxylic acids is 1. The molecule has 5 nitrogen and oxygen atoms in total. The topological polar surface area (TPSA) is 58.1 Å². The van der Waals surface area contributed by atoms with Crippen molar-refractivity contribution in [2.75, 3.05) is 16.8 Å². The second-order valence-electron chi connectivity index (χ2n) is 4.97. The van der Waals surface area contributed by atoms with Gasteiger partial charge >= 0.3 is 0 Å². The van der Waals surface area contributed by atoms with Crippen molar-refractivity contribution in [3.63, 3.8) is 0 Å². The predicted octanol–water partition coefficient (Wildman–Crippen LogP) is 2.96. The Hall–Kier alpha value is -2.43. The SMILES string of the molecule is CCN(c1ccc(NC(=O)c2cnccn2)cc1)C(C)C. The van der Waals surface area contributed by atoms with Crippen LogP contribution < -0.4 is 10.2 Å². The van der Waals surface area contributed by atoms with Crippen molar-refractivity contribution in [1.82, 2.24) is 9.97 Å². The van der Waals surface area contributed by atoms with E-state index < -0.39 is 0 Å². The second kappa shape index (κ2) is 6.83. The highest BCUT2D eigenvalue weighted by Gasteiger charge is 2.10. The fraction of sp³-hybridized carbons (Fsp3) is 0.312. The van der Waals surface area contributed by atoms with Crippen LogP contribution in [0, 0.1) is 0 Å². The summed E-state index contributed by atoms with van der Waals surface area (Å²) in [4.78, 5) is 22.1. The van der Waals surface area contributed by atoms with E-state index in [2.05, 4.69) is 41.0 Å². The van der Waals surface area contributed by atoms with E-state index in [0.29, 0.717) is 11.7 Å². The van der Waals surface area contributed by atoms with Crippen molar-refractivity contribution < 1.29 is 4.79 Å². The molecule has 1 aromatic heterocycles. The Morgan fingerprint density at radius 3 is 2.48 bits per heavy atom. The van der Waals surface area contributed by atoms with E-state index in [4.69, 9.17) is 0 Å². The normalized spacial score (nSPS) is 10.5. The molecule has 0 unspecified atom stereocenters. The zero-order chi connectivity index (χ0) is 15.2. The molecular formula is C16H20N4O. The Balaban J connectivity index is 2.08. The zero-order valence-electron chi connectivity index (χ0n) is 12.6. The highest BCUT2D eigenvalue weighted by Crippen LogP contribution is 2.20. The third-order valence-electron chi connectivity index (χ3n) is 3.22. The number of nitrogens with one attached hydrogen (secondary N) is 1. The average molecular weight is 284 g/mol. The van der Waals surface area contributed by atoms with Crippen molar-refractivity contribution in [3.8, 4) is 0 Å². The molecule has 2 rings (SSSR count). The van der Waals surface area contributed by atoms with Crippen LogP contribution in [0.15, 0.2) is 42.9 Å². The first-order valence-corrected chi connectivity index (χ1v) is 7.06. The molecule has 110 valence electrons. The van der Waals surface area contributed by atoms with Gasteiger partial charge in [0.05, 0.1) is 6.20 Å². The maximum Gasteiger partial charge on any atom is 0.275 e. The number of hydrogen-bond acceptors (Lipinski definition) is 4. The first-order chi connectivity index (χ1) is 10.1. The van der Waals surface area contributed by atoms with Gasteiger partial charge in [0.2, 0.25) is 0 Å². The number of amides is 1. The molecule has 0 aliphatic heterocycles. The van der Waals surface area contributed by atoms with Gasteiger partial charge in [0.15, 0.2) is 0 Å². The minimum Gasteiger partial charge on any atom is -0.369 e. The summed E-state index contributed by atoms with van der Waals surface area (Å²) < 4.78 is 0. The van der Waals surface area contributed by atoms with E-state index in [1.807, 2.05) is 24.3 Å². The molecule has 5 heteroatoms. The van der Waals surface area contributed by atoms with Crippen LogP contribution >= 0.6 is 0 Å². The van der Waals surface area contributed by atoms with E-state index in [1.165, 1.54) is 18.6 Å². The van der Waals surface area contributed by atoms with Gasteiger partial charge in [-0.05, 0) is 45.0 Å². The Morgan fingerprint density at radius 1 is 1.24 bits per heavy atom. The Morgan fingerprint density at radius 2 is 1.95 bits per heavy atom. The summed E-state index contributed by atoms with van der Waals surface area (Å²) in [6.45, 7) is 7.40. The summed E-state index contributed by atoms with van der Waals surface area (Å²) >= 11 is 0. The van der Waals surface area contributed by atoms with Crippen molar-refractivity contribution in [2.45, 2.75) is 26.8 Å². The maximum absolute atomic E-state index is 12.0. The van der Waals surface area contributed by atoms with Crippen LogP contribution in [-0.4, -0.2) is 28.5 Å². The lowest BCUT2D eigenvalue weighted by molar-refractivity contribution is 0.102. The smallest absolute Gasteiger partial charge is 0.275 e. The fourth-order valence-corrected chi connectivity index (χ4v) is 2.19. The lowest BCUT2D eigenvalue weighted by atomic mass is 10.2. The summed E-state index contributed by atoms with van der Waals surface area (Å²) in [6, 6.07) is 8.25. The molecule has 1 amide bonds. The number of nitrogens with zero attached hydrogens (tertiary/aromatic N) is 3. The Bertz CT molecular complexity index is 581. The summed E-state index contributed by atoms with van der Waals surface area (Å²) in [5.74, 6) is -0.257. The lowest BCUT2D eigenvalue weighted by Crippen LogP contribution is -2.30. The predicted molar refractivity (Wildman–Crippen MR) is 84.6 cm³/mol. The quantitative estimate of drug-likeness (QED) is 0.917. The standard InChI is InChI=1S/C16H20N4O/c1-4-20(12(2)3)14-7-5-13(6-8-14)19-16(21)15-11-17-9-10-18-15/h5-12H,4H2,1-3H3,(H,19,21). The van der Waals surface area contributed by atoms with Crippen molar-refractivity contribution >= 4 is 17.3 Å². The van der Waals surface area contributed by atoms with E-state index in [-0.39, 0.29) is 5.91 Å². The van der Waals surface area contributed by atoms with Gasteiger partial charge in [-0.25, -0.2) is 4.98 Å². The first-order valence-electron chi connectivity index (χ1n) is 7.06. The molecule has 0 saturated heterocycles. The number of anilines is 2. The molecule has 1 heterocycles. The first kappa shape index (κ1) is 15.0. The summed E-state index contributed by atoms with van der Waals surface area (Å²) in [5.41, 5.74) is 2.19. The Labute approximate surface area is 125 Å². The van der Waals surface area contributed by atoms with Gasteiger partial charge in [-0.1, -0.05) is 0 Å². The molecule has 0 fully saturated rings. The molecule has 0 aliphatic carbocycles. The van der Waals surface area contributed by atoms with Gasteiger partial charge in [0.1, 0.15) is 5.69 Å². The summed E-state index contributed by atoms with van der Waals surface area (Å²) in [7, 11) is 0. The average Bonchev–Trinajstić information content (AvgIpc) is 2.50. The van der Waals surface area contributed by atoms with Gasteiger partial charge in [-0.15, -0.1) is 0 Å². The Kier molecular flexibility index (Phi) is 4.87. The molecule has 0 atom stereocenters. The van der Waals surface area contributed by atoms with Crippen LogP contribution in [-0.2, 0) is 0 Å². The molecule has 21 heavy (non-hydrogen) atoms. The van der Waals surface area contributed by atoms with Gasteiger partial charge in [-0.2, -0.15) is 0 Å². The zero-order valence-corrected chi connectivity index (χ0v) is 12.6. The van der Waals surface area contributed by atoms with Crippen LogP contribution in [0.4, 0.5) is 11.4 Å². The summed E-state index contributed by atoms with van der Waals surface area (Å²) in [6.07, 6.45) is 4.48. The number of aromatic nitrogens is 2. The van der Waals surface area contributed by atoms with Crippen LogP contribution in [0.5, 0.6) is 0 Å².